The number of aromatic hydroxyl groups is 2. The number of ether oxygens (including phenoxy) is 1. The van der Waals surface area contributed by atoms with Crippen LogP contribution in [0.3, 0.4) is 0 Å². The van der Waals surface area contributed by atoms with Crippen molar-refractivity contribution in [3.8, 4) is 17.2 Å². The second kappa shape index (κ2) is 8.68. The Kier molecular flexibility index (Phi) is 5.86. The molecule has 0 unspecified atom stereocenters. The predicted octanol–water partition coefficient (Wildman–Crippen LogP) is 3.58. The molecule has 142 valence electrons. The number of carbonyl (C=O) groups is 1. The minimum atomic E-state index is -0.659. The average molecular weight is 380 g/mol. The van der Waals surface area contributed by atoms with Crippen LogP contribution in [0.5, 0.6) is 17.2 Å². The van der Waals surface area contributed by atoms with E-state index in [0.717, 1.165) is 11.6 Å². The third-order valence-electron chi connectivity index (χ3n) is 3.78. The quantitative estimate of drug-likeness (QED) is 0.346. The van der Waals surface area contributed by atoms with Gasteiger partial charge in [0.2, 0.25) is 0 Å². The lowest BCUT2D eigenvalue weighted by molar-refractivity contribution is 0.0952. The number of rotatable bonds is 6. The van der Waals surface area contributed by atoms with Crippen molar-refractivity contribution in [1.82, 2.24) is 5.43 Å². The summed E-state index contributed by atoms with van der Waals surface area (Å²) in [5.74, 6) is -0.777. The molecule has 0 spiro atoms. The number of hydrogen-bond acceptors (Lipinski definition) is 5. The van der Waals surface area contributed by atoms with Crippen LogP contribution in [-0.2, 0) is 6.61 Å². The van der Waals surface area contributed by atoms with Crippen molar-refractivity contribution in [3.63, 3.8) is 0 Å². The third-order valence-corrected chi connectivity index (χ3v) is 3.78. The topological polar surface area (TPSA) is 91.2 Å². The van der Waals surface area contributed by atoms with E-state index in [1.54, 1.807) is 36.4 Å². The Morgan fingerprint density at radius 2 is 1.86 bits per heavy atom. The van der Waals surface area contributed by atoms with Crippen molar-refractivity contribution in [2.75, 3.05) is 0 Å². The Morgan fingerprint density at radius 3 is 2.64 bits per heavy atom. The van der Waals surface area contributed by atoms with Gasteiger partial charge in [0.25, 0.3) is 5.91 Å². The summed E-state index contributed by atoms with van der Waals surface area (Å²) in [6.07, 6.45) is 1.42. The lowest BCUT2D eigenvalue weighted by Gasteiger charge is -2.07. The summed E-state index contributed by atoms with van der Waals surface area (Å²) >= 11 is 0. The first-order valence-corrected chi connectivity index (χ1v) is 8.34. The number of nitrogens with zero attached hydrogens (tertiary/aromatic N) is 1. The van der Waals surface area contributed by atoms with Crippen LogP contribution in [-0.4, -0.2) is 22.3 Å². The fraction of sp³-hybridized carbons (Fsp3) is 0.0476. The van der Waals surface area contributed by atoms with E-state index in [-0.39, 0.29) is 29.5 Å². The van der Waals surface area contributed by atoms with Crippen LogP contribution in [0.2, 0.25) is 0 Å². The first kappa shape index (κ1) is 18.9. The first-order valence-electron chi connectivity index (χ1n) is 8.34. The number of hydrogen-bond donors (Lipinski definition) is 3. The van der Waals surface area contributed by atoms with Gasteiger partial charge < -0.3 is 14.9 Å². The van der Waals surface area contributed by atoms with Crippen LogP contribution in [0.4, 0.5) is 4.39 Å². The summed E-state index contributed by atoms with van der Waals surface area (Å²) in [5, 5.41) is 22.9. The Labute approximate surface area is 160 Å². The molecule has 0 aliphatic carbocycles. The van der Waals surface area contributed by atoms with Crippen molar-refractivity contribution < 1.29 is 24.1 Å². The number of nitrogens with one attached hydrogen (secondary N) is 1. The van der Waals surface area contributed by atoms with Gasteiger partial charge in [0.05, 0.1) is 11.8 Å². The molecule has 3 aromatic rings. The van der Waals surface area contributed by atoms with Crippen LogP contribution in [0.1, 0.15) is 21.5 Å². The summed E-state index contributed by atoms with van der Waals surface area (Å²) in [7, 11) is 0. The minimum absolute atomic E-state index is 0.0893. The molecule has 6 nitrogen and oxygen atoms in total. The van der Waals surface area contributed by atoms with E-state index in [2.05, 4.69) is 10.5 Å². The molecule has 7 heteroatoms. The Hall–Kier alpha value is -3.87. The molecule has 3 rings (SSSR count). The van der Waals surface area contributed by atoms with Crippen LogP contribution >= 0.6 is 0 Å². The van der Waals surface area contributed by atoms with Crippen molar-refractivity contribution in [2.24, 2.45) is 5.10 Å². The number of halogens is 1. The molecule has 3 aromatic carbocycles. The predicted molar refractivity (Wildman–Crippen MR) is 102 cm³/mol. The Morgan fingerprint density at radius 1 is 1.07 bits per heavy atom. The molecule has 0 heterocycles. The molecule has 0 saturated carbocycles. The van der Waals surface area contributed by atoms with E-state index in [9.17, 15) is 19.4 Å². The fourth-order valence-electron chi connectivity index (χ4n) is 2.36. The SMILES string of the molecule is O=C(N/N=C\c1cccc(OCc2ccc(F)cc2)c1)c1cc(O)ccc1O. The highest BCUT2D eigenvalue weighted by atomic mass is 19.1. The van der Waals surface area contributed by atoms with E-state index in [1.807, 2.05) is 0 Å². The van der Waals surface area contributed by atoms with Crippen molar-refractivity contribution >= 4 is 12.1 Å². The summed E-state index contributed by atoms with van der Waals surface area (Å²) in [5.41, 5.74) is 3.70. The van der Waals surface area contributed by atoms with Gasteiger partial charge in [-0.2, -0.15) is 5.10 Å². The van der Waals surface area contributed by atoms with Gasteiger partial charge >= 0.3 is 0 Å². The number of phenols is 2. The molecule has 0 radical (unpaired) electrons. The summed E-state index contributed by atoms with van der Waals surface area (Å²) < 4.78 is 18.6. The molecule has 0 saturated heterocycles. The normalized spacial score (nSPS) is 10.8. The maximum absolute atomic E-state index is 12.9. The Bertz CT molecular complexity index is 1000. The number of phenolic OH excluding ortho intramolecular Hbond substituents is 2. The maximum atomic E-state index is 12.9. The molecular weight excluding hydrogens is 363 g/mol. The lowest BCUT2D eigenvalue weighted by Crippen LogP contribution is -2.17. The van der Waals surface area contributed by atoms with Crippen molar-refractivity contribution in [3.05, 3.63) is 89.2 Å². The maximum Gasteiger partial charge on any atom is 0.275 e. The number of amides is 1. The molecule has 3 N–H and O–H groups in total. The molecule has 28 heavy (non-hydrogen) atoms. The number of carbonyl (C=O) groups excluding carboxylic acids is 1. The zero-order valence-electron chi connectivity index (χ0n) is 14.7. The highest BCUT2D eigenvalue weighted by Gasteiger charge is 2.11. The smallest absolute Gasteiger partial charge is 0.275 e. The largest absolute Gasteiger partial charge is 0.508 e. The van der Waals surface area contributed by atoms with Crippen LogP contribution in [0.25, 0.3) is 0 Å². The monoisotopic (exact) mass is 380 g/mol. The second-order valence-corrected chi connectivity index (χ2v) is 5.89. The summed E-state index contributed by atoms with van der Waals surface area (Å²) in [6, 6.07) is 16.7. The van der Waals surface area contributed by atoms with Crippen LogP contribution < -0.4 is 10.2 Å². The third kappa shape index (κ3) is 5.07. The lowest BCUT2D eigenvalue weighted by atomic mass is 10.2. The molecule has 0 aliphatic rings. The van der Waals surface area contributed by atoms with Crippen LogP contribution in [0.15, 0.2) is 71.8 Å². The van der Waals surface area contributed by atoms with Crippen molar-refractivity contribution in [2.45, 2.75) is 6.61 Å². The van der Waals surface area contributed by atoms with Gasteiger partial charge in [0.1, 0.15) is 29.7 Å². The number of hydrazone groups is 1. The van der Waals surface area contributed by atoms with E-state index < -0.39 is 5.91 Å². The van der Waals surface area contributed by atoms with Gasteiger partial charge in [0, 0.05) is 0 Å². The van der Waals surface area contributed by atoms with Gasteiger partial charge in [-0.3, -0.25) is 4.79 Å². The molecule has 0 aliphatic heterocycles. The van der Waals surface area contributed by atoms with E-state index in [4.69, 9.17) is 4.74 Å². The van der Waals surface area contributed by atoms with E-state index in [0.29, 0.717) is 11.3 Å². The van der Waals surface area contributed by atoms with E-state index >= 15 is 0 Å². The van der Waals surface area contributed by atoms with Gasteiger partial charge in [-0.25, -0.2) is 9.82 Å². The van der Waals surface area contributed by atoms with Gasteiger partial charge in [0.15, 0.2) is 0 Å². The second-order valence-electron chi connectivity index (χ2n) is 5.89. The molecule has 0 bridgehead atoms. The average Bonchev–Trinajstić information content (AvgIpc) is 2.69. The molecule has 1 amide bonds. The highest BCUT2D eigenvalue weighted by Crippen LogP contribution is 2.21. The summed E-state index contributed by atoms with van der Waals surface area (Å²) in [4.78, 5) is 12.0. The van der Waals surface area contributed by atoms with Gasteiger partial charge in [-0.05, 0) is 53.6 Å². The minimum Gasteiger partial charge on any atom is -0.508 e. The molecule has 0 aromatic heterocycles. The zero-order chi connectivity index (χ0) is 19.9. The standard InChI is InChI=1S/C21H17FN2O4/c22-16-6-4-14(5-7-16)13-28-18-3-1-2-15(10-18)12-23-24-21(27)19-11-17(25)8-9-20(19)26/h1-12,25-26H,13H2,(H,24,27)/b23-12-. The van der Waals surface area contributed by atoms with E-state index in [1.165, 1.54) is 30.5 Å². The van der Waals surface area contributed by atoms with Gasteiger partial charge in [-0.15, -0.1) is 0 Å². The molecule has 0 atom stereocenters. The highest BCUT2D eigenvalue weighted by molar-refractivity contribution is 5.97. The van der Waals surface area contributed by atoms with Crippen molar-refractivity contribution in [1.29, 1.82) is 0 Å². The fourth-order valence-corrected chi connectivity index (χ4v) is 2.36. The Balaban J connectivity index is 1.59. The van der Waals surface area contributed by atoms with Crippen LogP contribution in [0, 0.1) is 5.82 Å². The first-order chi connectivity index (χ1) is 13.5. The zero-order valence-corrected chi connectivity index (χ0v) is 14.7. The summed E-state index contributed by atoms with van der Waals surface area (Å²) in [6.45, 7) is 0.286. The molecular formula is C21H17FN2O4. The van der Waals surface area contributed by atoms with Gasteiger partial charge in [-0.1, -0.05) is 24.3 Å². The number of benzene rings is 3. The molecule has 0 fully saturated rings.